The summed E-state index contributed by atoms with van der Waals surface area (Å²) in [5.74, 6) is -0.373. The second-order valence-corrected chi connectivity index (χ2v) is 7.49. The number of ether oxygens (including phenoxy) is 1. The molecule has 0 spiro atoms. The van der Waals surface area contributed by atoms with E-state index in [1.807, 2.05) is 0 Å². The van der Waals surface area contributed by atoms with Crippen LogP contribution in [0.3, 0.4) is 0 Å². The molecule has 1 aliphatic rings. The predicted molar refractivity (Wildman–Crippen MR) is 103 cm³/mol. The number of nitrogens with zero attached hydrogens (tertiary/aromatic N) is 3. The zero-order chi connectivity index (χ0) is 22.9. The molecular formula is C21H18F4N4O3. The highest BCUT2D eigenvalue weighted by molar-refractivity contribution is 5.71. The first-order valence-electron chi connectivity index (χ1n) is 9.82. The summed E-state index contributed by atoms with van der Waals surface area (Å²) in [6.07, 6.45) is -2.95. The fraction of sp³-hybridized carbons (Fsp3) is 0.333. The molecule has 1 saturated carbocycles. The minimum atomic E-state index is -4.85. The van der Waals surface area contributed by atoms with Crippen molar-refractivity contribution in [2.45, 2.75) is 38.4 Å². The van der Waals surface area contributed by atoms with E-state index >= 15 is 0 Å². The molecule has 2 aromatic heterocycles. The second kappa shape index (κ2) is 8.56. The molecule has 1 amide bonds. The van der Waals surface area contributed by atoms with Gasteiger partial charge in [-0.05, 0) is 36.6 Å². The number of hydrogen-bond acceptors (Lipinski definition) is 6. The van der Waals surface area contributed by atoms with Crippen LogP contribution in [0.2, 0.25) is 0 Å². The van der Waals surface area contributed by atoms with Crippen molar-refractivity contribution in [3.05, 3.63) is 59.5 Å². The van der Waals surface area contributed by atoms with Crippen LogP contribution in [0.5, 0.6) is 5.88 Å². The summed E-state index contributed by atoms with van der Waals surface area (Å²) in [6.45, 7) is 1.64. The molecule has 4 rings (SSSR count). The van der Waals surface area contributed by atoms with Gasteiger partial charge in [-0.25, -0.2) is 14.2 Å². The Labute approximate surface area is 179 Å². The van der Waals surface area contributed by atoms with Crippen molar-refractivity contribution in [3.63, 3.8) is 0 Å². The number of benzene rings is 1. The van der Waals surface area contributed by atoms with Crippen molar-refractivity contribution in [2.24, 2.45) is 5.92 Å². The number of alkyl halides is 3. The molecule has 0 bridgehead atoms. The summed E-state index contributed by atoms with van der Waals surface area (Å²) >= 11 is 0. The maximum atomic E-state index is 13.6. The van der Waals surface area contributed by atoms with Crippen LogP contribution < -0.4 is 10.1 Å². The molecule has 2 heterocycles. The smallest absolute Gasteiger partial charge is 0.391 e. The van der Waals surface area contributed by atoms with E-state index in [9.17, 15) is 22.4 Å². The highest BCUT2D eigenvalue weighted by Gasteiger charge is 2.34. The third-order valence-corrected chi connectivity index (χ3v) is 4.90. The van der Waals surface area contributed by atoms with Crippen LogP contribution in [-0.2, 0) is 6.18 Å². The monoisotopic (exact) mass is 450 g/mol. The topological polar surface area (TPSA) is 90.1 Å². The number of carbonyl (C=O) groups is 1. The van der Waals surface area contributed by atoms with Gasteiger partial charge in [0.05, 0.1) is 17.3 Å². The third-order valence-electron chi connectivity index (χ3n) is 4.90. The Kier molecular flexibility index (Phi) is 5.81. The molecule has 7 nitrogen and oxygen atoms in total. The van der Waals surface area contributed by atoms with E-state index in [0.717, 1.165) is 18.9 Å². The average Bonchev–Trinajstić information content (AvgIpc) is 3.44. The quantitative estimate of drug-likeness (QED) is 0.518. The number of aryl methyl sites for hydroxylation is 1. The van der Waals surface area contributed by atoms with Crippen molar-refractivity contribution in [1.29, 1.82) is 0 Å². The molecule has 11 heteroatoms. The van der Waals surface area contributed by atoms with Crippen LogP contribution in [0.4, 0.5) is 22.4 Å². The van der Waals surface area contributed by atoms with Crippen molar-refractivity contribution >= 4 is 6.09 Å². The molecule has 1 fully saturated rings. The van der Waals surface area contributed by atoms with Gasteiger partial charge in [0.15, 0.2) is 5.82 Å². The molecule has 1 atom stereocenters. The van der Waals surface area contributed by atoms with Crippen molar-refractivity contribution in [1.82, 2.24) is 20.4 Å². The van der Waals surface area contributed by atoms with E-state index in [0.29, 0.717) is 30.1 Å². The number of amides is 1. The molecule has 0 saturated heterocycles. The molecule has 1 aliphatic carbocycles. The van der Waals surface area contributed by atoms with Crippen LogP contribution in [0.15, 0.2) is 40.9 Å². The lowest BCUT2D eigenvalue weighted by molar-refractivity contribution is -0.139. The van der Waals surface area contributed by atoms with Crippen molar-refractivity contribution < 1.29 is 31.6 Å². The predicted octanol–water partition coefficient (Wildman–Crippen LogP) is 5.23. The number of hydrogen-bond donors (Lipinski definition) is 1. The maximum Gasteiger partial charge on any atom is 0.419 e. The van der Waals surface area contributed by atoms with Gasteiger partial charge < -0.3 is 14.6 Å². The molecule has 1 N–H and O–H groups in total. The van der Waals surface area contributed by atoms with Gasteiger partial charge in [-0.1, -0.05) is 24.1 Å². The Hall–Kier alpha value is -3.50. The molecule has 1 aromatic carbocycles. The zero-order valence-electron chi connectivity index (χ0n) is 16.8. The fourth-order valence-corrected chi connectivity index (χ4v) is 3.17. The van der Waals surface area contributed by atoms with Gasteiger partial charge in [0, 0.05) is 18.6 Å². The number of aromatic nitrogens is 3. The van der Waals surface area contributed by atoms with Gasteiger partial charge in [-0.3, -0.25) is 0 Å². The van der Waals surface area contributed by atoms with Gasteiger partial charge in [-0.15, -0.1) is 0 Å². The molecule has 32 heavy (non-hydrogen) atoms. The van der Waals surface area contributed by atoms with E-state index in [-0.39, 0.29) is 17.1 Å². The molecule has 0 radical (unpaired) electrons. The first-order chi connectivity index (χ1) is 15.2. The first-order valence-corrected chi connectivity index (χ1v) is 9.82. The lowest BCUT2D eigenvalue weighted by Gasteiger charge is -2.15. The Balaban J connectivity index is 1.49. The van der Waals surface area contributed by atoms with Gasteiger partial charge in [0.25, 0.3) is 0 Å². The van der Waals surface area contributed by atoms with Crippen LogP contribution in [0.1, 0.15) is 42.6 Å². The fourth-order valence-electron chi connectivity index (χ4n) is 3.17. The number of rotatable bonds is 6. The second-order valence-electron chi connectivity index (χ2n) is 7.49. The third kappa shape index (κ3) is 5.21. The molecular weight excluding hydrogens is 432 g/mol. The highest BCUT2D eigenvalue weighted by atomic mass is 19.4. The maximum absolute atomic E-state index is 13.6. The molecule has 0 unspecified atom stereocenters. The van der Waals surface area contributed by atoms with Gasteiger partial charge in [0.1, 0.15) is 5.82 Å². The number of carbonyl (C=O) groups excluding carboxylic acids is 1. The van der Waals surface area contributed by atoms with Crippen LogP contribution >= 0.6 is 0 Å². The summed E-state index contributed by atoms with van der Waals surface area (Å²) in [5, 5.41) is 6.53. The Morgan fingerprint density at radius 3 is 2.69 bits per heavy atom. The summed E-state index contributed by atoms with van der Waals surface area (Å²) in [5.41, 5.74) is -1.29. The minimum Gasteiger partial charge on any atom is -0.391 e. The highest BCUT2D eigenvalue weighted by Crippen LogP contribution is 2.37. The van der Waals surface area contributed by atoms with Crippen molar-refractivity contribution in [2.75, 3.05) is 0 Å². The Morgan fingerprint density at radius 1 is 1.25 bits per heavy atom. The van der Waals surface area contributed by atoms with Crippen LogP contribution in [0.25, 0.3) is 11.3 Å². The number of nitrogens with one attached hydrogen (secondary N) is 1. The van der Waals surface area contributed by atoms with Crippen LogP contribution in [0, 0.1) is 18.7 Å². The first kappa shape index (κ1) is 21.7. The minimum absolute atomic E-state index is 0.0264. The average molecular weight is 450 g/mol. The Bertz CT molecular complexity index is 1130. The standard InChI is InChI=1S/C21H18F4N4O3/c1-11-26-19(29-32-11)17(9-12-5-6-12)28-20(30)31-18-4-2-3-16(27-18)13-7-8-15(22)14(10-13)21(23,24)25/h2-4,7-8,10,12,17H,5-6,9H2,1H3,(H,28,30)/t17-/m0/s1. The normalized spacial score (nSPS) is 14.8. The molecule has 168 valence electrons. The zero-order valence-corrected chi connectivity index (χ0v) is 16.8. The lowest BCUT2D eigenvalue weighted by Crippen LogP contribution is -2.32. The summed E-state index contributed by atoms with van der Waals surface area (Å²) in [6, 6.07) is 6.30. The Morgan fingerprint density at radius 2 is 2.03 bits per heavy atom. The summed E-state index contributed by atoms with van der Waals surface area (Å²) in [4.78, 5) is 20.7. The molecule has 3 aromatic rings. The van der Waals surface area contributed by atoms with Gasteiger partial charge in [-0.2, -0.15) is 18.2 Å². The lowest BCUT2D eigenvalue weighted by atomic mass is 10.1. The number of pyridine rings is 1. The van der Waals surface area contributed by atoms with E-state index < -0.39 is 29.7 Å². The summed E-state index contributed by atoms with van der Waals surface area (Å²) < 4.78 is 62.7. The van der Waals surface area contributed by atoms with Crippen molar-refractivity contribution in [3.8, 4) is 17.1 Å². The van der Waals surface area contributed by atoms with E-state index in [4.69, 9.17) is 9.26 Å². The van der Waals surface area contributed by atoms with Gasteiger partial charge in [0.2, 0.25) is 11.8 Å². The van der Waals surface area contributed by atoms with Gasteiger partial charge >= 0.3 is 12.3 Å². The van der Waals surface area contributed by atoms with E-state index in [1.165, 1.54) is 24.3 Å². The summed E-state index contributed by atoms with van der Waals surface area (Å²) in [7, 11) is 0. The largest absolute Gasteiger partial charge is 0.419 e. The number of halogens is 4. The van der Waals surface area contributed by atoms with E-state index in [2.05, 4.69) is 20.4 Å². The SMILES string of the molecule is Cc1nc([C@H](CC2CC2)NC(=O)Oc2cccc(-c3ccc(F)c(C(F)(F)F)c3)n2)no1. The molecule has 0 aliphatic heterocycles. The van der Waals surface area contributed by atoms with E-state index in [1.54, 1.807) is 6.92 Å². The van der Waals surface area contributed by atoms with Crippen LogP contribution in [-0.4, -0.2) is 21.2 Å².